The molecule has 12 rings (SSSR count). The molecule has 8 aromatic rings. The number of nitrogens with zero attached hydrogens (tertiary/aromatic N) is 2. The second-order valence-electron chi connectivity index (χ2n) is 16.4. The van der Waals surface area contributed by atoms with Crippen molar-refractivity contribution < 1.29 is 4.42 Å². The van der Waals surface area contributed by atoms with Crippen molar-refractivity contribution in [2.24, 2.45) is 17.8 Å². The maximum absolute atomic E-state index is 6.76. The average molecular weight is 713 g/mol. The van der Waals surface area contributed by atoms with Gasteiger partial charge in [0.2, 0.25) is 0 Å². The van der Waals surface area contributed by atoms with Gasteiger partial charge in [-0.1, -0.05) is 103 Å². The van der Waals surface area contributed by atoms with E-state index >= 15 is 0 Å². The molecule has 4 aliphatic carbocycles. The summed E-state index contributed by atoms with van der Waals surface area (Å²) in [6.07, 6.45) is 8.48. The van der Waals surface area contributed by atoms with Gasteiger partial charge >= 0.3 is 0 Å². The quantitative estimate of drug-likeness (QED) is 0.156. The molecule has 4 aliphatic rings. The van der Waals surface area contributed by atoms with Gasteiger partial charge in [0, 0.05) is 22.7 Å². The molecule has 3 heteroatoms. The van der Waals surface area contributed by atoms with E-state index < -0.39 is 0 Å². The van der Waals surface area contributed by atoms with Crippen LogP contribution in [0.25, 0.3) is 33.1 Å². The molecule has 0 unspecified atom stereocenters. The van der Waals surface area contributed by atoms with Gasteiger partial charge in [-0.25, -0.2) is 0 Å². The van der Waals surface area contributed by atoms with Crippen LogP contribution in [-0.4, -0.2) is 0 Å². The Hall–Kier alpha value is -6.06. The lowest BCUT2D eigenvalue weighted by Gasteiger charge is -2.57. The zero-order valence-corrected chi connectivity index (χ0v) is 31.0. The van der Waals surface area contributed by atoms with E-state index in [0.717, 1.165) is 73.8 Å². The van der Waals surface area contributed by atoms with Crippen molar-refractivity contribution in [2.75, 3.05) is 9.80 Å². The molecule has 0 atom stereocenters. The lowest BCUT2D eigenvalue weighted by Crippen LogP contribution is -2.48. The second kappa shape index (κ2) is 13.1. The Kier molecular flexibility index (Phi) is 7.69. The molecule has 0 radical (unpaired) electrons. The van der Waals surface area contributed by atoms with Crippen molar-refractivity contribution in [1.82, 2.24) is 0 Å². The Labute approximate surface area is 323 Å². The van der Waals surface area contributed by atoms with Crippen molar-refractivity contribution in [3.63, 3.8) is 0 Å². The fraction of sp³-hybridized carbons (Fsp3) is 0.192. The van der Waals surface area contributed by atoms with Gasteiger partial charge in [0.1, 0.15) is 11.2 Å². The van der Waals surface area contributed by atoms with Crippen LogP contribution in [0.1, 0.15) is 44.1 Å². The number of fused-ring (bicyclic) bond motifs is 3. The lowest BCUT2D eigenvalue weighted by molar-refractivity contribution is -0.00518. The fourth-order valence-electron chi connectivity index (χ4n) is 11.1. The summed E-state index contributed by atoms with van der Waals surface area (Å²) < 4.78 is 6.76. The van der Waals surface area contributed by atoms with E-state index in [9.17, 15) is 0 Å². The van der Waals surface area contributed by atoms with Crippen LogP contribution in [0.3, 0.4) is 0 Å². The van der Waals surface area contributed by atoms with Gasteiger partial charge < -0.3 is 14.2 Å². The second-order valence-corrected chi connectivity index (χ2v) is 16.4. The average Bonchev–Trinajstić information content (AvgIpc) is 3.63. The summed E-state index contributed by atoms with van der Waals surface area (Å²) >= 11 is 0. The molecule has 268 valence electrons. The largest absolute Gasteiger partial charge is 0.456 e. The highest BCUT2D eigenvalue weighted by molar-refractivity contribution is 6.19. The molecule has 0 saturated heterocycles. The standard InChI is InChI=1S/C52H44N2O/c1-4-12-39(13-5-1)40-22-26-44(27-23-40)54(45-28-24-41(25-29-45)52-33-36-30-37(34-52)32-38(31-36)35-52)47-19-11-21-49-51(47)50-46(18-10-20-48(50)55-49)53(42-14-6-2-7-15-42)43-16-8-3-9-17-43/h1-29,36-38H,30-35H2. The maximum Gasteiger partial charge on any atom is 0.137 e. The molecule has 0 amide bonds. The van der Waals surface area contributed by atoms with Crippen molar-refractivity contribution in [1.29, 1.82) is 0 Å². The molecule has 4 bridgehead atoms. The number of hydrogen-bond donors (Lipinski definition) is 0. The van der Waals surface area contributed by atoms with Gasteiger partial charge in [-0.15, -0.1) is 0 Å². The summed E-state index contributed by atoms with van der Waals surface area (Å²) in [5, 5.41) is 2.19. The molecule has 1 heterocycles. The highest BCUT2D eigenvalue weighted by Gasteiger charge is 2.51. The third-order valence-electron chi connectivity index (χ3n) is 13.0. The van der Waals surface area contributed by atoms with E-state index in [1.807, 2.05) is 0 Å². The Bertz CT molecular complexity index is 2540. The van der Waals surface area contributed by atoms with Gasteiger partial charge in [0.15, 0.2) is 0 Å². The zero-order chi connectivity index (χ0) is 36.3. The van der Waals surface area contributed by atoms with Crippen LogP contribution >= 0.6 is 0 Å². The summed E-state index contributed by atoms with van der Waals surface area (Å²) in [5.41, 5.74) is 12.7. The molecule has 55 heavy (non-hydrogen) atoms. The van der Waals surface area contributed by atoms with Crippen molar-refractivity contribution in [3.05, 3.63) is 181 Å². The first-order chi connectivity index (χ1) is 27.2. The Balaban J connectivity index is 1.10. The maximum atomic E-state index is 6.76. The Morgan fingerprint density at radius 1 is 0.382 bits per heavy atom. The summed E-state index contributed by atoms with van der Waals surface area (Å²) in [4.78, 5) is 4.80. The van der Waals surface area contributed by atoms with Crippen LogP contribution in [0.5, 0.6) is 0 Å². The minimum Gasteiger partial charge on any atom is -0.456 e. The van der Waals surface area contributed by atoms with Crippen LogP contribution in [0.15, 0.2) is 180 Å². The minimum atomic E-state index is 0.351. The summed E-state index contributed by atoms with van der Waals surface area (Å²) in [5.74, 6) is 2.74. The van der Waals surface area contributed by atoms with Gasteiger partial charge in [-0.05, 0) is 151 Å². The van der Waals surface area contributed by atoms with Gasteiger partial charge in [0.25, 0.3) is 0 Å². The van der Waals surface area contributed by atoms with E-state index in [0.29, 0.717) is 5.41 Å². The van der Waals surface area contributed by atoms with E-state index in [-0.39, 0.29) is 0 Å². The molecule has 1 aromatic heterocycles. The number of furan rings is 1. The van der Waals surface area contributed by atoms with Crippen molar-refractivity contribution in [3.8, 4) is 11.1 Å². The molecule has 3 nitrogen and oxygen atoms in total. The third kappa shape index (κ3) is 5.56. The third-order valence-corrected chi connectivity index (χ3v) is 13.0. The van der Waals surface area contributed by atoms with Crippen LogP contribution < -0.4 is 9.80 Å². The van der Waals surface area contributed by atoms with Crippen LogP contribution in [0.2, 0.25) is 0 Å². The monoisotopic (exact) mass is 712 g/mol. The molecule has 0 aliphatic heterocycles. The number of anilines is 6. The van der Waals surface area contributed by atoms with E-state index in [2.05, 4.69) is 186 Å². The topological polar surface area (TPSA) is 19.6 Å². The Morgan fingerprint density at radius 3 is 1.25 bits per heavy atom. The normalized spacial score (nSPS) is 21.3. The van der Waals surface area contributed by atoms with Gasteiger partial charge in [-0.3, -0.25) is 0 Å². The highest BCUT2D eigenvalue weighted by Crippen LogP contribution is 2.61. The van der Waals surface area contributed by atoms with Crippen LogP contribution in [-0.2, 0) is 5.41 Å². The number of benzene rings is 7. The molecular formula is C52H44N2O. The zero-order valence-electron chi connectivity index (χ0n) is 31.0. The Morgan fingerprint density at radius 2 is 0.782 bits per heavy atom. The summed E-state index contributed by atoms with van der Waals surface area (Å²) in [6.45, 7) is 0. The first kappa shape index (κ1) is 32.4. The first-order valence-electron chi connectivity index (χ1n) is 20.1. The number of para-hydroxylation sites is 2. The summed E-state index contributed by atoms with van der Waals surface area (Å²) in [6, 6.07) is 63.7. The molecule has 0 N–H and O–H groups in total. The fourth-order valence-corrected chi connectivity index (χ4v) is 11.1. The van der Waals surface area contributed by atoms with Crippen LogP contribution in [0.4, 0.5) is 34.1 Å². The molecular weight excluding hydrogens is 669 g/mol. The highest BCUT2D eigenvalue weighted by atomic mass is 16.3. The SMILES string of the molecule is c1ccc(-c2ccc(N(c3ccc(C45CC6CC(CC(C6)C4)C5)cc3)c3cccc4oc5cccc(N(c6ccccc6)c6ccccc6)c5c34)cc2)cc1. The van der Waals surface area contributed by atoms with Crippen molar-refractivity contribution >= 4 is 56.1 Å². The lowest BCUT2D eigenvalue weighted by atomic mass is 9.48. The van der Waals surface area contributed by atoms with Gasteiger partial charge in [-0.2, -0.15) is 0 Å². The molecule has 4 fully saturated rings. The van der Waals surface area contributed by atoms with E-state index in [1.165, 1.54) is 49.7 Å². The van der Waals surface area contributed by atoms with Gasteiger partial charge in [0.05, 0.1) is 22.1 Å². The number of hydrogen-bond acceptors (Lipinski definition) is 3. The smallest absolute Gasteiger partial charge is 0.137 e. The first-order valence-corrected chi connectivity index (χ1v) is 20.1. The van der Waals surface area contributed by atoms with E-state index in [4.69, 9.17) is 4.42 Å². The van der Waals surface area contributed by atoms with Crippen LogP contribution in [0, 0.1) is 17.8 Å². The summed E-state index contributed by atoms with van der Waals surface area (Å²) in [7, 11) is 0. The molecule has 4 saturated carbocycles. The van der Waals surface area contributed by atoms with E-state index in [1.54, 1.807) is 5.56 Å². The number of rotatable bonds is 8. The minimum absolute atomic E-state index is 0.351. The molecule has 0 spiro atoms. The van der Waals surface area contributed by atoms with Crippen molar-refractivity contribution in [2.45, 2.75) is 43.9 Å². The molecule has 7 aromatic carbocycles. The predicted octanol–water partition coefficient (Wildman–Crippen LogP) is 14.7. The predicted molar refractivity (Wildman–Crippen MR) is 228 cm³/mol.